The van der Waals surface area contributed by atoms with Crippen LogP contribution in [0.25, 0.3) is 0 Å². The van der Waals surface area contributed by atoms with Crippen molar-refractivity contribution in [1.82, 2.24) is 9.78 Å². The van der Waals surface area contributed by atoms with Crippen LogP contribution >= 0.6 is 11.6 Å². The van der Waals surface area contributed by atoms with Gasteiger partial charge in [0.25, 0.3) is 0 Å². The van der Waals surface area contributed by atoms with Crippen LogP contribution in [0.5, 0.6) is 0 Å². The molecule has 0 spiro atoms. The Kier molecular flexibility index (Phi) is 4.07. The number of aryl methyl sites for hydroxylation is 2. The highest BCUT2D eigenvalue weighted by Gasteiger charge is 2.24. The molecule has 0 aromatic carbocycles. The predicted molar refractivity (Wildman–Crippen MR) is 66.2 cm³/mol. The fourth-order valence-corrected chi connectivity index (χ4v) is 2.60. The van der Waals surface area contributed by atoms with Gasteiger partial charge in [-0.3, -0.25) is 4.68 Å². The lowest BCUT2D eigenvalue weighted by molar-refractivity contribution is 0.00778. The Morgan fingerprint density at radius 2 is 2.18 bits per heavy atom. The van der Waals surface area contributed by atoms with Gasteiger partial charge in [-0.2, -0.15) is 5.10 Å². The number of ether oxygens (including phenoxy) is 1. The van der Waals surface area contributed by atoms with E-state index in [0.717, 1.165) is 37.4 Å². The standard InChI is InChI=1S/C12H19ClN2O2/c1-8-12(13)10(15(2)14-8)7-11(16)9-3-5-17-6-4-9/h9,11,16H,3-7H2,1-2H3. The molecule has 1 aromatic heterocycles. The third-order valence-corrected chi connectivity index (χ3v) is 3.97. The van der Waals surface area contributed by atoms with Gasteiger partial charge < -0.3 is 9.84 Å². The molecule has 0 bridgehead atoms. The van der Waals surface area contributed by atoms with Crippen molar-refractivity contribution in [3.8, 4) is 0 Å². The number of hydrogen-bond acceptors (Lipinski definition) is 3. The monoisotopic (exact) mass is 258 g/mol. The lowest BCUT2D eigenvalue weighted by atomic mass is 9.91. The maximum absolute atomic E-state index is 10.2. The first-order valence-electron chi connectivity index (χ1n) is 6.03. The van der Waals surface area contributed by atoms with E-state index in [-0.39, 0.29) is 6.10 Å². The molecule has 1 saturated heterocycles. The Bertz CT molecular complexity index is 386. The third-order valence-electron chi connectivity index (χ3n) is 3.47. The Labute approximate surface area is 107 Å². The lowest BCUT2D eigenvalue weighted by Gasteiger charge is -2.26. The Balaban J connectivity index is 2.04. The average Bonchev–Trinajstić information content (AvgIpc) is 2.57. The number of halogens is 1. The summed E-state index contributed by atoms with van der Waals surface area (Å²) in [6.07, 6.45) is 2.07. The quantitative estimate of drug-likeness (QED) is 0.898. The summed E-state index contributed by atoms with van der Waals surface area (Å²) in [7, 11) is 1.87. The Morgan fingerprint density at radius 3 is 2.71 bits per heavy atom. The highest BCUT2D eigenvalue weighted by atomic mass is 35.5. The molecule has 1 atom stereocenters. The summed E-state index contributed by atoms with van der Waals surface area (Å²) in [5.41, 5.74) is 1.74. The van der Waals surface area contributed by atoms with Gasteiger partial charge in [0.15, 0.2) is 0 Å². The van der Waals surface area contributed by atoms with Gasteiger partial charge in [0.2, 0.25) is 0 Å². The van der Waals surface area contributed by atoms with Gasteiger partial charge in [-0.25, -0.2) is 0 Å². The zero-order valence-corrected chi connectivity index (χ0v) is 11.1. The van der Waals surface area contributed by atoms with Crippen molar-refractivity contribution in [2.24, 2.45) is 13.0 Å². The SMILES string of the molecule is Cc1nn(C)c(CC(O)C2CCOCC2)c1Cl. The van der Waals surface area contributed by atoms with Crippen LogP contribution in [0.1, 0.15) is 24.2 Å². The minimum absolute atomic E-state index is 0.315. The first-order valence-corrected chi connectivity index (χ1v) is 6.41. The molecule has 0 radical (unpaired) electrons. The van der Waals surface area contributed by atoms with Gasteiger partial charge in [-0.1, -0.05) is 11.6 Å². The first-order chi connectivity index (χ1) is 8.09. The summed E-state index contributed by atoms with van der Waals surface area (Å²) in [6.45, 7) is 3.38. The molecule has 5 heteroatoms. The number of hydrogen-bond donors (Lipinski definition) is 1. The van der Waals surface area contributed by atoms with Crippen molar-refractivity contribution in [2.45, 2.75) is 32.3 Å². The van der Waals surface area contributed by atoms with Crippen molar-refractivity contribution in [3.05, 3.63) is 16.4 Å². The second-order valence-corrected chi connectivity index (χ2v) is 5.07. The van der Waals surface area contributed by atoms with Crippen LogP contribution in [0.15, 0.2) is 0 Å². The van der Waals surface area contributed by atoms with E-state index in [0.29, 0.717) is 17.4 Å². The molecule has 96 valence electrons. The second kappa shape index (κ2) is 5.38. The van der Waals surface area contributed by atoms with Gasteiger partial charge in [-0.05, 0) is 25.7 Å². The molecule has 2 heterocycles. The molecule has 1 aliphatic rings. The summed E-state index contributed by atoms with van der Waals surface area (Å²) in [4.78, 5) is 0. The van der Waals surface area contributed by atoms with Crippen molar-refractivity contribution < 1.29 is 9.84 Å². The van der Waals surface area contributed by atoms with Crippen LogP contribution in [0.3, 0.4) is 0 Å². The predicted octanol–water partition coefficient (Wildman–Crippen LogP) is 1.71. The van der Waals surface area contributed by atoms with Crippen LogP contribution in [-0.2, 0) is 18.2 Å². The van der Waals surface area contributed by atoms with Gasteiger partial charge in [0, 0.05) is 26.7 Å². The van der Waals surface area contributed by atoms with Crippen molar-refractivity contribution in [3.63, 3.8) is 0 Å². The van der Waals surface area contributed by atoms with E-state index in [2.05, 4.69) is 5.10 Å². The first kappa shape index (κ1) is 12.9. The largest absolute Gasteiger partial charge is 0.392 e. The minimum atomic E-state index is -0.355. The summed E-state index contributed by atoms with van der Waals surface area (Å²) in [5.74, 6) is 0.315. The van der Waals surface area contributed by atoms with Crippen LogP contribution in [0.4, 0.5) is 0 Å². The smallest absolute Gasteiger partial charge is 0.0847 e. The van der Waals surface area contributed by atoms with Gasteiger partial charge in [0.05, 0.1) is 22.5 Å². The van der Waals surface area contributed by atoms with Crippen molar-refractivity contribution in [2.75, 3.05) is 13.2 Å². The van der Waals surface area contributed by atoms with E-state index >= 15 is 0 Å². The minimum Gasteiger partial charge on any atom is -0.392 e. The molecule has 0 aliphatic carbocycles. The van der Waals surface area contributed by atoms with Gasteiger partial charge >= 0.3 is 0 Å². The molecule has 0 saturated carbocycles. The van der Waals surface area contributed by atoms with Gasteiger partial charge in [-0.15, -0.1) is 0 Å². The number of aromatic nitrogens is 2. The molecule has 1 aliphatic heterocycles. The molecule has 1 unspecified atom stereocenters. The second-order valence-electron chi connectivity index (χ2n) is 4.69. The van der Waals surface area contributed by atoms with Crippen LogP contribution in [0, 0.1) is 12.8 Å². The maximum atomic E-state index is 10.2. The normalized spacial score (nSPS) is 19.5. The molecule has 17 heavy (non-hydrogen) atoms. The third kappa shape index (κ3) is 2.81. The fraction of sp³-hybridized carbons (Fsp3) is 0.750. The zero-order chi connectivity index (χ0) is 12.4. The van der Waals surface area contributed by atoms with E-state index < -0.39 is 0 Å². The number of rotatable bonds is 3. The molecular formula is C12H19ClN2O2. The molecular weight excluding hydrogens is 240 g/mol. The highest BCUT2D eigenvalue weighted by Crippen LogP contribution is 2.25. The van der Waals surface area contributed by atoms with Crippen molar-refractivity contribution in [1.29, 1.82) is 0 Å². The Hall–Kier alpha value is -0.580. The number of nitrogens with zero attached hydrogens (tertiary/aromatic N) is 2. The topological polar surface area (TPSA) is 47.3 Å². The van der Waals surface area contributed by atoms with Crippen LogP contribution in [0.2, 0.25) is 5.02 Å². The molecule has 2 rings (SSSR count). The average molecular weight is 259 g/mol. The summed E-state index contributed by atoms with van der Waals surface area (Å²) in [5, 5.41) is 15.2. The van der Waals surface area contributed by atoms with E-state index in [1.165, 1.54) is 0 Å². The van der Waals surface area contributed by atoms with E-state index in [4.69, 9.17) is 16.3 Å². The fourth-order valence-electron chi connectivity index (χ4n) is 2.37. The van der Waals surface area contributed by atoms with Crippen LogP contribution in [-0.4, -0.2) is 34.2 Å². The van der Waals surface area contributed by atoms with E-state index in [1.807, 2.05) is 14.0 Å². The molecule has 1 fully saturated rings. The molecule has 1 N–H and O–H groups in total. The van der Waals surface area contributed by atoms with E-state index in [1.54, 1.807) is 4.68 Å². The summed E-state index contributed by atoms with van der Waals surface area (Å²) < 4.78 is 7.06. The zero-order valence-electron chi connectivity index (χ0n) is 10.3. The highest BCUT2D eigenvalue weighted by molar-refractivity contribution is 6.31. The molecule has 1 aromatic rings. The van der Waals surface area contributed by atoms with Crippen LogP contribution < -0.4 is 0 Å². The Morgan fingerprint density at radius 1 is 1.53 bits per heavy atom. The van der Waals surface area contributed by atoms with Crippen molar-refractivity contribution >= 4 is 11.6 Å². The number of aliphatic hydroxyl groups excluding tert-OH is 1. The van der Waals surface area contributed by atoms with E-state index in [9.17, 15) is 5.11 Å². The number of aliphatic hydroxyl groups is 1. The molecule has 0 amide bonds. The van der Waals surface area contributed by atoms with Gasteiger partial charge in [0.1, 0.15) is 0 Å². The summed E-state index contributed by atoms with van der Waals surface area (Å²) >= 11 is 6.18. The maximum Gasteiger partial charge on any atom is 0.0847 e. The lowest BCUT2D eigenvalue weighted by Crippen LogP contribution is -2.29. The molecule has 4 nitrogen and oxygen atoms in total. The summed E-state index contributed by atoms with van der Waals surface area (Å²) in [6, 6.07) is 0.